The number of rotatable bonds is 3. The zero-order valence-corrected chi connectivity index (χ0v) is 12.5. The number of fused-ring (bicyclic) bond motifs is 1. The fraction of sp³-hybridized carbons (Fsp3) is 0.235. The second kappa shape index (κ2) is 5.78. The van der Waals surface area contributed by atoms with Gasteiger partial charge in [-0.2, -0.15) is 0 Å². The van der Waals surface area contributed by atoms with E-state index < -0.39 is 0 Å². The summed E-state index contributed by atoms with van der Waals surface area (Å²) in [7, 11) is 1.56. The molecule has 0 saturated heterocycles. The molecule has 0 atom stereocenters. The molecule has 4 heteroatoms. The number of carbonyl (C=O) groups excluding carboxylic acids is 1. The second-order valence-electron chi connectivity index (χ2n) is 5.04. The van der Waals surface area contributed by atoms with Crippen LogP contribution >= 0.6 is 11.6 Å². The number of methoxy groups -OCH3 is 1. The summed E-state index contributed by atoms with van der Waals surface area (Å²) in [4.78, 5) is 12.9. The van der Waals surface area contributed by atoms with Crippen LogP contribution in [0, 0.1) is 0 Å². The Balaban J connectivity index is 2.09. The third kappa shape index (κ3) is 2.61. The molecule has 0 unspecified atom stereocenters. The van der Waals surface area contributed by atoms with E-state index in [4.69, 9.17) is 16.3 Å². The number of carbonyl (C=O) groups is 1. The Hall–Kier alpha value is -2.00. The van der Waals surface area contributed by atoms with Gasteiger partial charge in [0, 0.05) is 22.8 Å². The van der Waals surface area contributed by atoms with Crippen molar-refractivity contribution in [1.82, 2.24) is 0 Å². The van der Waals surface area contributed by atoms with Crippen LogP contribution in [0.4, 0.5) is 5.69 Å². The van der Waals surface area contributed by atoms with Crippen LogP contribution in [0.2, 0.25) is 5.02 Å². The van der Waals surface area contributed by atoms with Gasteiger partial charge in [-0.1, -0.05) is 23.7 Å². The van der Waals surface area contributed by atoms with E-state index in [1.165, 1.54) is 0 Å². The van der Waals surface area contributed by atoms with Crippen LogP contribution in [0.5, 0.6) is 5.75 Å². The molecule has 21 heavy (non-hydrogen) atoms. The molecule has 0 amide bonds. The molecule has 0 aliphatic carbocycles. The Morgan fingerprint density at radius 2 is 2.10 bits per heavy atom. The molecule has 1 N–H and O–H groups in total. The van der Waals surface area contributed by atoms with E-state index in [2.05, 4.69) is 5.32 Å². The Bertz CT molecular complexity index is 697. The van der Waals surface area contributed by atoms with Gasteiger partial charge in [-0.3, -0.25) is 4.79 Å². The predicted molar refractivity (Wildman–Crippen MR) is 84.7 cm³/mol. The number of halogens is 1. The van der Waals surface area contributed by atoms with E-state index in [1.807, 2.05) is 18.2 Å². The standard InChI is InChI=1S/C17H16ClNO2/c1-21-16-8-7-11(18)10-14(16)17(20)13-4-2-6-15-12(13)5-3-9-19-15/h2,4,6-8,10,19H,3,5,9H2,1H3. The Morgan fingerprint density at radius 1 is 1.24 bits per heavy atom. The number of ketones is 1. The lowest BCUT2D eigenvalue weighted by atomic mass is 9.92. The lowest BCUT2D eigenvalue weighted by Crippen LogP contribution is -2.16. The predicted octanol–water partition coefficient (Wildman–Crippen LogP) is 3.94. The Labute approximate surface area is 128 Å². The maximum absolute atomic E-state index is 12.9. The minimum Gasteiger partial charge on any atom is -0.496 e. The van der Waals surface area contributed by atoms with E-state index in [9.17, 15) is 4.79 Å². The van der Waals surface area contributed by atoms with Crippen LogP contribution in [-0.2, 0) is 6.42 Å². The fourth-order valence-electron chi connectivity index (χ4n) is 2.73. The first kappa shape index (κ1) is 14.0. The van der Waals surface area contributed by atoms with Gasteiger partial charge in [0.1, 0.15) is 5.75 Å². The van der Waals surface area contributed by atoms with Crippen LogP contribution in [0.15, 0.2) is 36.4 Å². The molecule has 1 heterocycles. The van der Waals surface area contributed by atoms with Crippen molar-refractivity contribution >= 4 is 23.1 Å². The van der Waals surface area contributed by atoms with E-state index in [0.29, 0.717) is 16.3 Å². The minimum atomic E-state index is -0.0464. The molecule has 2 aromatic rings. The highest BCUT2D eigenvalue weighted by molar-refractivity contribution is 6.31. The van der Waals surface area contributed by atoms with Crippen LogP contribution in [-0.4, -0.2) is 19.4 Å². The van der Waals surface area contributed by atoms with Gasteiger partial charge in [-0.15, -0.1) is 0 Å². The van der Waals surface area contributed by atoms with Gasteiger partial charge in [0.05, 0.1) is 12.7 Å². The van der Waals surface area contributed by atoms with Gasteiger partial charge in [-0.05, 0) is 42.7 Å². The lowest BCUT2D eigenvalue weighted by molar-refractivity contribution is 0.103. The summed E-state index contributed by atoms with van der Waals surface area (Å²) in [5, 5.41) is 3.87. The summed E-state index contributed by atoms with van der Waals surface area (Å²) in [5.74, 6) is 0.501. The summed E-state index contributed by atoms with van der Waals surface area (Å²) in [5.41, 5.74) is 3.35. The van der Waals surface area contributed by atoms with Crippen molar-refractivity contribution in [3.05, 3.63) is 58.1 Å². The molecule has 0 spiro atoms. The SMILES string of the molecule is COc1ccc(Cl)cc1C(=O)c1cccc2c1CCCN2. The van der Waals surface area contributed by atoms with Crippen LogP contribution in [0.25, 0.3) is 0 Å². The quantitative estimate of drug-likeness (QED) is 0.873. The number of hydrogen-bond donors (Lipinski definition) is 1. The number of ether oxygens (including phenoxy) is 1. The fourth-order valence-corrected chi connectivity index (χ4v) is 2.90. The highest BCUT2D eigenvalue weighted by Gasteiger charge is 2.21. The lowest BCUT2D eigenvalue weighted by Gasteiger charge is -2.20. The van der Waals surface area contributed by atoms with E-state index in [-0.39, 0.29) is 5.78 Å². The van der Waals surface area contributed by atoms with Crippen molar-refractivity contribution in [2.45, 2.75) is 12.8 Å². The monoisotopic (exact) mass is 301 g/mol. The second-order valence-corrected chi connectivity index (χ2v) is 5.47. The van der Waals surface area contributed by atoms with Gasteiger partial charge in [0.25, 0.3) is 0 Å². The first-order valence-corrected chi connectivity index (χ1v) is 7.32. The van der Waals surface area contributed by atoms with Crippen molar-refractivity contribution < 1.29 is 9.53 Å². The number of hydrogen-bond acceptors (Lipinski definition) is 3. The molecule has 1 aliphatic rings. The molecule has 3 rings (SSSR count). The van der Waals surface area contributed by atoms with E-state index in [1.54, 1.807) is 25.3 Å². The summed E-state index contributed by atoms with van der Waals surface area (Å²) in [6.45, 7) is 0.950. The van der Waals surface area contributed by atoms with Crippen LogP contribution in [0.1, 0.15) is 27.9 Å². The minimum absolute atomic E-state index is 0.0464. The highest BCUT2D eigenvalue weighted by Crippen LogP contribution is 2.30. The molecule has 3 nitrogen and oxygen atoms in total. The van der Waals surface area contributed by atoms with Crippen LogP contribution < -0.4 is 10.1 Å². The van der Waals surface area contributed by atoms with Gasteiger partial charge in [0.2, 0.25) is 0 Å². The van der Waals surface area contributed by atoms with Gasteiger partial charge in [-0.25, -0.2) is 0 Å². The van der Waals surface area contributed by atoms with Crippen molar-refractivity contribution in [3.8, 4) is 5.75 Å². The highest BCUT2D eigenvalue weighted by atomic mass is 35.5. The molecule has 1 aliphatic heterocycles. The Morgan fingerprint density at radius 3 is 2.90 bits per heavy atom. The average molecular weight is 302 g/mol. The zero-order chi connectivity index (χ0) is 14.8. The largest absolute Gasteiger partial charge is 0.496 e. The normalized spacial score (nSPS) is 13.2. The van der Waals surface area contributed by atoms with Crippen molar-refractivity contribution in [3.63, 3.8) is 0 Å². The maximum atomic E-state index is 12.9. The maximum Gasteiger partial charge on any atom is 0.197 e. The molecular weight excluding hydrogens is 286 g/mol. The Kier molecular flexibility index (Phi) is 3.84. The molecule has 0 radical (unpaired) electrons. The summed E-state index contributed by atoms with van der Waals surface area (Å²) in [6.07, 6.45) is 1.94. The van der Waals surface area contributed by atoms with Gasteiger partial charge < -0.3 is 10.1 Å². The first-order chi connectivity index (χ1) is 10.2. The molecule has 0 bridgehead atoms. The first-order valence-electron chi connectivity index (χ1n) is 6.94. The molecule has 2 aromatic carbocycles. The number of benzene rings is 2. The molecule has 0 aromatic heterocycles. The van der Waals surface area contributed by atoms with Crippen LogP contribution in [0.3, 0.4) is 0 Å². The number of nitrogens with one attached hydrogen (secondary N) is 1. The smallest absolute Gasteiger partial charge is 0.197 e. The number of anilines is 1. The van der Waals surface area contributed by atoms with E-state index >= 15 is 0 Å². The zero-order valence-electron chi connectivity index (χ0n) is 11.8. The summed E-state index contributed by atoms with van der Waals surface area (Å²) >= 11 is 6.03. The summed E-state index contributed by atoms with van der Waals surface area (Å²) < 4.78 is 5.29. The van der Waals surface area contributed by atoms with Crippen molar-refractivity contribution in [2.75, 3.05) is 19.0 Å². The molecular formula is C17H16ClNO2. The molecule has 0 fully saturated rings. The topological polar surface area (TPSA) is 38.3 Å². The molecule has 108 valence electrons. The average Bonchev–Trinajstić information content (AvgIpc) is 2.53. The molecule has 0 saturated carbocycles. The van der Waals surface area contributed by atoms with Crippen molar-refractivity contribution in [1.29, 1.82) is 0 Å². The van der Waals surface area contributed by atoms with Gasteiger partial charge >= 0.3 is 0 Å². The summed E-state index contributed by atoms with van der Waals surface area (Å²) in [6, 6.07) is 10.9. The third-order valence-electron chi connectivity index (χ3n) is 3.75. The van der Waals surface area contributed by atoms with Crippen molar-refractivity contribution in [2.24, 2.45) is 0 Å². The van der Waals surface area contributed by atoms with E-state index in [0.717, 1.165) is 36.2 Å². The third-order valence-corrected chi connectivity index (χ3v) is 3.98. The van der Waals surface area contributed by atoms with Gasteiger partial charge in [0.15, 0.2) is 5.78 Å².